The third-order valence-corrected chi connectivity index (χ3v) is 3.75. The maximum Gasteiger partial charge on any atom is 0.305 e. The minimum atomic E-state index is -0.268. The van der Waals surface area contributed by atoms with Crippen molar-refractivity contribution in [1.29, 1.82) is 0 Å². The molecule has 0 aliphatic heterocycles. The summed E-state index contributed by atoms with van der Waals surface area (Å²) in [7, 11) is 1.35. The zero-order chi connectivity index (χ0) is 18.6. The van der Waals surface area contributed by atoms with Crippen molar-refractivity contribution in [2.24, 2.45) is 0 Å². The van der Waals surface area contributed by atoms with E-state index in [2.05, 4.69) is 34.3 Å². The minimum Gasteiger partial charge on any atom is -0.469 e. The summed E-state index contributed by atoms with van der Waals surface area (Å²) >= 11 is 0. The molecule has 0 aliphatic carbocycles. The van der Waals surface area contributed by atoms with E-state index in [1.807, 2.05) is 42.5 Å². The SMILES string of the molecule is COC(=O)CCCNC(=O)C=CC=Cc1ccc(-c2ccccc2)cc1. The largest absolute Gasteiger partial charge is 0.469 e. The molecule has 0 heterocycles. The molecular formula is C22H23NO3. The molecule has 4 nitrogen and oxygen atoms in total. The zero-order valence-electron chi connectivity index (χ0n) is 14.9. The summed E-state index contributed by atoms with van der Waals surface area (Å²) in [5.74, 6) is -0.449. The van der Waals surface area contributed by atoms with Gasteiger partial charge in [0.05, 0.1) is 7.11 Å². The average molecular weight is 349 g/mol. The lowest BCUT2D eigenvalue weighted by Gasteiger charge is -2.01. The zero-order valence-corrected chi connectivity index (χ0v) is 14.9. The Morgan fingerprint density at radius 3 is 2.35 bits per heavy atom. The fourth-order valence-electron chi connectivity index (χ4n) is 2.33. The van der Waals surface area contributed by atoms with Gasteiger partial charge in [-0.1, -0.05) is 72.8 Å². The number of methoxy groups -OCH3 is 1. The summed E-state index contributed by atoms with van der Waals surface area (Å²) in [4.78, 5) is 22.6. The number of esters is 1. The molecule has 0 spiro atoms. The van der Waals surface area contributed by atoms with Crippen LogP contribution >= 0.6 is 0 Å². The molecule has 0 radical (unpaired) electrons. The van der Waals surface area contributed by atoms with Crippen molar-refractivity contribution in [3.63, 3.8) is 0 Å². The average Bonchev–Trinajstić information content (AvgIpc) is 2.69. The van der Waals surface area contributed by atoms with Crippen LogP contribution in [0.4, 0.5) is 0 Å². The van der Waals surface area contributed by atoms with Gasteiger partial charge in [0.2, 0.25) is 5.91 Å². The highest BCUT2D eigenvalue weighted by molar-refractivity contribution is 5.87. The van der Waals surface area contributed by atoms with Crippen molar-refractivity contribution in [2.45, 2.75) is 12.8 Å². The molecule has 1 amide bonds. The number of carbonyl (C=O) groups excluding carboxylic acids is 2. The second-order valence-corrected chi connectivity index (χ2v) is 5.68. The van der Waals surface area contributed by atoms with Crippen molar-refractivity contribution in [1.82, 2.24) is 5.32 Å². The Balaban J connectivity index is 1.76. The van der Waals surface area contributed by atoms with Gasteiger partial charge in [0.1, 0.15) is 0 Å². The van der Waals surface area contributed by atoms with Gasteiger partial charge >= 0.3 is 5.97 Å². The summed E-state index contributed by atoms with van der Waals surface area (Å²) in [5.41, 5.74) is 3.42. The van der Waals surface area contributed by atoms with E-state index in [9.17, 15) is 9.59 Å². The summed E-state index contributed by atoms with van der Waals surface area (Å²) < 4.78 is 4.54. The van der Waals surface area contributed by atoms with E-state index < -0.39 is 0 Å². The van der Waals surface area contributed by atoms with Gasteiger partial charge in [-0.05, 0) is 23.1 Å². The number of nitrogens with one attached hydrogen (secondary N) is 1. The van der Waals surface area contributed by atoms with Gasteiger partial charge in [0.15, 0.2) is 0 Å². The molecule has 26 heavy (non-hydrogen) atoms. The maximum absolute atomic E-state index is 11.6. The normalized spacial score (nSPS) is 11.0. The number of carbonyl (C=O) groups is 2. The van der Waals surface area contributed by atoms with E-state index in [0.717, 1.165) is 5.56 Å². The molecule has 0 aliphatic rings. The Labute approximate surface area is 154 Å². The van der Waals surface area contributed by atoms with Crippen LogP contribution in [0.5, 0.6) is 0 Å². The molecule has 0 atom stereocenters. The molecule has 2 rings (SSSR count). The van der Waals surface area contributed by atoms with Crippen LogP contribution in [0.1, 0.15) is 18.4 Å². The lowest BCUT2D eigenvalue weighted by molar-refractivity contribution is -0.140. The minimum absolute atomic E-state index is 0.182. The number of benzene rings is 2. The van der Waals surface area contributed by atoms with Crippen LogP contribution in [0.25, 0.3) is 17.2 Å². The monoisotopic (exact) mass is 349 g/mol. The number of hydrogen-bond acceptors (Lipinski definition) is 3. The van der Waals surface area contributed by atoms with Gasteiger partial charge in [0, 0.05) is 19.0 Å². The molecule has 4 heteroatoms. The Morgan fingerprint density at radius 2 is 1.65 bits per heavy atom. The van der Waals surface area contributed by atoms with Crippen molar-refractivity contribution >= 4 is 18.0 Å². The van der Waals surface area contributed by atoms with E-state index in [4.69, 9.17) is 0 Å². The maximum atomic E-state index is 11.6. The summed E-state index contributed by atoms with van der Waals surface area (Å²) in [6.07, 6.45) is 7.80. The summed E-state index contributed by atoms with van der Waals surface area (Å²) in [6.45, 7) is 0.447. The number of ether oxygens (including phenoxy) is 1. The van der Waals surface area contributed by atoms with Crippen LogP contribution in [-0.2, 0) is 14.3 Å². The second kappa shape index (κ2) is 10.7. The van der Waals surface area contributed by atoms with Crippen LogP contribution in [-0.4, -0.2) is 25.5 Å². The van der Waals surface area contributed by atoms with Crippen LogP contribution in [0.15, 0.2) is 72.8 Å². The van der Waals surface area contributed by atoms with Gasteiger partial charge in [-0.3, -0.25) is 9.59 Å². The Bertz CT molecular complexity index is 762. The molecular weight excluding hydrogens is 326 g/mol. The molecule has 2 aromatic carbocycles. The topological polar surface area (TPSA) is 55.4 Å². The van der Waals surface area contributed by atoms with E-state index in [1.165, 1.54) is 24.3 Å². The third kappa shape index (κ3) is 6.77. The lowest BCUT2D eigenvalue weighted by Crippen LogP contribution is -2.22. The van der Waals surface area contributed by atoms with E-state index >= 15 is 0 Å². The van der Waals surface area contributed by atoms with Crippen molar-refractivity contribution < 1.29 is 14.3 Å². The molecule has 134 valence electrons. The summed E-state index contributed by atoms with van der Waals surface area (Å²) in [5, 5.41) is 2.72. The molecule has 0 unspecified atom stereocenters. The Hall–Kier alpha value is -3.14. The first-order valence-corrected chi connectivity index (χ1v) is 8.54. The van der Waals surface area contributed by atoms with Crippen molar-refractivity contribution in [2.75, 3.05) is 13.7 Å². The van der Waals surface area contributed by atoms with Crippen molar-refractivity contribution in [3.8, 4) is 11.1 Å². The second-order valence-electron chi connectivity index (χ2n) is 5.68. The van der Waals surface area contributed by atoms with Gasteiger partial charge < -0.3 is 10.1 Å². The fraction of sp³-hybridized carbons (Fsp3) is 0.182. The first-order valence-electron chi connectivity index (χ1n) is 8.54. The van der Waals surface area contributed by atoms with E-state index in [0.29, 0.717) is 19.4 Å². The number of allylic oxidation sites excluding steroid dienone is 2. The highest BCUT2D eigenvalue weighted by Crippen LogP contribution is 2.19. The van der Waals surface area contributed by atoms with Gasteiger partial charge in [-0.15, -0.1) is 0 Å². The molecule has 0 fully saturated rings. The highest BCUT2D eigenvalue weighted by atomic mass is 16.5. The van der Waals surface area contributed by atoms with Gasteiger partial charge in [-0.2, -0.15) is 0 Å². The van der Waals surface area contributed by atoms with Crippen LogP contribution in [0.3, 0.4) is 0 Å². The Kier molecular flexibility index (Phi) is 7.87. The first kappa shape index (κ1) is 19.2. The van der Waals surface area contributed by atoms with Crippen LogP contribution < -0.4 is 5.32 Å². The summed E-state index contributed by atoms with van der Waals surface area (Å²) in [6, 6.07) is 18.4. The molecule has 2 aromatic rings. The Morgan fingerprint density at radius 1 is 0.962 bits per heavy atom. The molecule has 0 saturated heterocycles. The third-order valence-electron chi connectivity index (χ3n) is 3.75. The van der Waals surface area contributed by atoms with E-state index in [-0.39, 0.29) is 11.9 Å². The lowest BCUT2D eigenvalue weighted by atomic mass is 10.0. The van der Waals surface area contributed by atoms with Crippen LogP contribution in [0, 0.1) is 0 Å². The first-order chi connectivity index (χ1) is 12.7. The number of amides is 1. The van der Waals surface area contributed by atoms with Crippen LogP contribution in [0.2, 0.25) is 0 Å². The predicted molar refractivity (Wildman–Crippen MR) is 104 cm³/mol. The number of rotatable bonds is 8. The number of hydrogen-bond donors (Lipinski definition) is 1. The van der Waals surface area contributed by atoms with Crippen molar-refractivity contribution in [3.05, 3.63) is 78.4 Å². The molecule has 0 bridgehead atoms. The highest BCUT2D eigenvalue weighted by Gasteiger charge is 2.00. The molecule has 1 N–H and O–H groups in total. The van der Waals surface area contributed by atoms with E-state index in [1.54, 1.807) is 6.08 Å². The molecule has 0 aromatic heterocycles. The quantitative estimate of drug-likeness (QED) is 0.339. The predicted octanol–water partition coefficient (Wildman–Crippen LogP) is 3.99. The fourth-order valence-corrected chi connectivity index (χ4v) is 2.33. The smallest absolute Gasteiger partial charge is 0.305 e. The standard InChI is InChI=1S/C22H23NO3/c1-26-22(25)12-7-17-23-21(24)11-6-5-8-18-13-15-20(16-14-18)19-9-3-2-4-10-19/h2-6,8-11,13-16H,7,12,17H2,1H3,(H,23,24). The van der Waals surface area contributed by atoms with Gasteiger partial charge in [-0.25, -0.2) is 0 Å². The molecule has 0 saturated carbocycles. The van der Waals surface area contributed by atoms with Gasteiger partial charge in [0.25, 0.3) is 0 Å².